The molecule has 0 spiro atoms. The van der Waals surface area contributed by atoms with Crippen LogP contribution in [0.4, 0.5) is 0 Å². The van der Waals surface area contributed by atoms with Gasteiger partial charge in [-0.2, -0.15) is 0 Å². The van der Waals surface area contributed by atoms with Gasteiger partial charge in [-0.05, 0) is 38.1 Å². The third-order valence-electron chi connectivity index (χ3n) is 3.71. The monoisotopic (exact) mass is 396 g/mol. The number of nitrogens with one attached hydrogen (secondary N) is 2. The fourth-order valence-electron chi connectivity index (χ4n) is 2.48. The predicted molar refractivity (Wildman–Crippen MR) is 99.1 cm³/mol. The summed E-state index contributed by atoms with van der Waals surface area (Å²) in [6.07, 6.45) is 4.90. The minimum absolute atomic E-state index is 0. The van der Waals surface area contributed by atoms with Crippen molar-refractivity contribution in [2.45, 2.75) is 52.5 Å². The number of likely N-dealkylation sites (tertiary alicyclic amines) is 1. The molecule has 1 heterocycles. The summed E-state index contributed by atoms with van der Waals surface area (Å²) >= 11 is 0. The standard InChI is InChI=1S/C15H32N4.HI/c1-5-10-19-11-7-14(8-12-19)18-15(16-4)17-9-6-13(2)3;/h13-14H,5-12H2,1-4H3,(H2,16,17,18);1H. The third-order valence-corrected chi connectivity index (χ3v) is 3.71. The molecule has 1 aliphatic rings. The Labute approximate surface area is 142 Å². The van der Waals surface area contributed by atoms with Gasteiger partial charge in [0.25, 0.3) is 0 Å². The molecule has 0 aromatic heterocycles. The number of aliphatic imine (C=N–C) groups is 1. The fourth-order valence-corrected chi connectivity index (χ4v) is 2.48. The summed E-state index contributed by atoms with van der Waals surface area (Å²) in [5, 5.41) is 6.96. The van der Waals surface area contributed by atoms with Crippen LogP contribution < -0.4 is 10.6 Å². The van der Waals surface area contributed by atoms with Crippen LogP contribution in [-0.2, 0) is 0 Å². The van der Waals surface area contributed by atoms with Crippen molar-refractivity contribution in [2.24, 2.45) is 10.9 Å². The Balaban J connectivity index is 0.00000361. The molecule has 1 fully saturated rings. The maximum Gasteiger partial charge on any atom is 0.191 e. The van der Waals surface area contributed by atoms with Gasteiger partial charge in [0.15, 0.2) is 5.96 Å². The molecule has 0 aromatic carbocycles. The van der Waals surface area contributed by atoms with E-state index in [2.05, 4.69) is 41.3 Å². The summed E-state index contributed by atoms with van der Waals surface area (Å²) < 4.78 is 0. The minimum Gasteiger partial charge on any atom is -0.356 e. The molecular weight excluding hydrogens is 363 g/mol. The molecule has 120 valence electrons. The number of guanidine groups is 1. The number of hydrogen-bond donors (Lipinski definition) is 2. The van der Waals surface area contributed by atoms with Gasteiger partial charge in [-0.15, -0.1) is 24.0 Å². The van der Waals surface area contributed by atoms with Crippen molar-refractivity contribution < 1.29 is 0 Å². The first-order valence-corrected chi connectivity index (χ1v) is 7.85. The fraction of sp³-hybridized carbons (Fsp3) is 0.933. The molecule has 0 aromatic rings. The molecule has 0 atom stereocenters. The number of halogens is 1. The van der Waals surface area contributed by atoms with E-state index < -0.39 is 0 Å². The quantitative estimate of drug-likeness (QED) is 0.412. The van der Waals surface area contributed by atoms with Gasteiger partial charge < -0.3 is 15.5 Å². The maximum absolute atomic E-state index is 4.32. The summed E-state index contributed by atoms with van der Waals surface area (Å²) in [4.78, 5) is 6.88. The summed E-state index contributed by atoms with van der Waals surface area (Å²) in [5.41, 5.74) is 0. The Hall–Kier alpha value is -0.0400. The summed E-state index contributed by atoms with van der Waals surface area (Å²) in [7, 11) is 1.86. The second-order valence-corrected chi connectivity index (χ2v) is 5.94. The molecule has 0 aliphatic carbocycles. The Kier molecular flexibility index (Phi) is 11.6. The molecule has 20 heavy (non-hydrogen) atoms. The summed E-state index contributed by atoms with van der Waals surface area (Å²) in [5.74, 6) is 1.71. The molecule has 0 amide bonds. The van der Waals surface area contributed by atoms with Crippen molar-refractivity contribution in [3.63, 3.8) is 0 Å². The first-order valence-electron chi connectivity index (χ1n) is 7.85. The van der Waals surface area contributed by atoms with Gasteiger partial charge in [-0.1, -0.05) is 20.8 Å². The molecule has 4 nitrogen and oxygen atoms in total. The SMILES string of the molecule is CCCN1CCC(NC(=NC)NCCC(C)C)CC1.I. The summed E-state index contributed by atoms with van der Waals surface area (Å²) in [6, 6.07) is 0.582. The zero-order valence-electron chi connectivity index (χ0n) is 13.6. The summed E-state index contributed by atoms with van der Waals surface area (Å²) in [6.45, 7) is 11.4. The molecule has 1 saturated heterocycles. The van der Waals surface area contributed by atoms with Crippen LogP contribution in [-0.4, -0.2) is 50.1 Å². The van der Waals surface area contributed by atoms with Gasteiger partial charge in [-0.3, -0.25) is 4.99 Å². The van der Waals surface area contributed by atoms with Crippen LogP contribution in [0.15, 0.2) is 4.99 Å². The molecule has 2 N–H and O–H groups in total. The van der Waals surface area contributed by atoms with Crippen molar-refractivity contribution in [3.05, 3.63) is 0 Å². The van der Waals surface area contributed by atoms with Crippen molar-refractivity contribution in [1.82, 2.24) is 15.5 Å². The Morgan fingerprint density at radius 3 is 2.45 bits per heavy atom. The molecule has 0 bridgehead atoms. The molecule has 0 saturated carbocycles. The third kappa shape index (κ3) is 8.29. The van der Waals surface area contributed by atoms with E-state index in [4.69, 9.17) is 0 Å². The zero-order valence-corrected chi connectivity index (χ0v) is 15.9. The van der Waals surface area contributed by atoms with E-state index >= 15 is 0 Å². The molecule has 0 unspecified atom stereocenters. The topological polar surface area (TPSA) is 39.7 Å². The average molecular weight is 396 g/mol. The van der Waals surface area contributed by atoms with Gasteiger partial charge in [-0.25, -0.2) is 0 Å². The minimum atomic E-state index is 0. The highest BCUT2D eigenvalue weighted by molar-refractivity contribution is 14.0. The van der Waals surface area contributed by atoms with Crippen LogP contribution in [0, 0.1) is 5.92 Å². The number of rotatable bonds is 6. The Morgan fingerprint density at radius 1 is 1.30 bits per heavy atom. The molecule has 1 aliphatic heterocycles. The van der Waals surface area contributed by atoms with Gasteiger partial charge in [0, 0.05) is 32.7 Å². The number of hydrogen-bond acceptors (Lipinski definition) is 2. The molecule has 5 heteroatoms. The maximum atomic E-state index is 4.32. The second-order valence-electron chi connectivity index (χ2n) is 5.94. The van der Waals surface area contributed by atoms with Crippen LogP contribution in [0.2, 0.25) is 0 Å². The van der Waals surface area contributed by atoms with Gasteiger partial charge in [0.1, 0.15) is 0 Å². The van der Waals surface area contributed by atoms with Crippen LogP contribution >= 0.6 is 24.0 Å². The van der Waals surface area contributed by atoms with Gasteiger partial charge >= 0.3 is 0 Å². The van der Waals surface area contributed by atoms with Crippen LogP contribution in [0.1, 0.15) is 46.5 Å². The highest BCUT2D eigenvalue weighted by atomic mass is 127. The zero-order chi connectivity index (χ0) is 14.1. The van der Waals surface area contributed by atoms with E-state index in [1.807, 2.05) is 7.05 Å². The van der Waals surface area contributed by atoms with Crippen molar-refractivity contribution >= 4 is 29.9 Å². The molecular formula is C15H33IN4. The number of nitrogens with zero attached hydrogens (tertiary/aromatic N) is 2. The Morgan fingerprint density at radius 2 is 1.95 bits per heavy atom. The van der Waals surface area contributed by atoms with E-state index in [1.165, 1.54) is 45.3 Å². The van der Waals surface area contributed by atoms with E-state index in [0.717, 1.165) is 18.4 Å². The number of piperidine rings is 1. The van der Waals surface area contributed by atoms with E-state index in [9.17, 15) is 0 Å². The van der Waals surface area contributed by atoms with E-state index in [1.54, 1.807) is 0 Å². The molecule has 1 rings (SSSR count). The van der Waals surface area contributed by atoms with Crippen molar-refractivity contribution in [3.8, 4) is 0 Å². The lowest BCUT2D eigenvalue weighted by molar-refractivity contribution is 0.206. The molecule has 0 radical (unpaired) electrons. The van der Waals surface area contributed by atoms with Crippen LogP contribution in [0.3, 0.4) is 0 Å². The van der Waals surface area contributed by atoms with E-state index in [0.29, 0.717) is 6.04 Å². The van der Waals surface area contributed by atoms with Crippen LogP contribution in [0.5, 0.6) is 0 Å². The average Bonchev–Trinajstić information content (AvgIpc) is 2.39. The van der Waals surface area contributed by atoms with Crippen molar-refractivity contribution in [2.75, 3.05) is 33.2 Å². The smallest absolute Gasteiger partial charge is 0.191 e. The predicted octanol–water partition coefficient (Wildman–Crippen LogP) is 2.69. The highest BCUT2D eigenvalue weighted by Crippen LogP contribution is 2.10. The van der Waals surface area contributed by atoms with Gasteiger partial charge in [0.2, 0.25) is 0 Å². The van der Waals surface area contributed by atoms with Crippen LogP contribution in [0.25, 0.3) is 0 Å². The first kappa shape index (κ1) is 20.0. The van der Waals surface area contributed by atoms with E-state index in [-0.39, 0.29) is 24.0 Å². The lowest BCUT2D eigenvalue weighted by Gasteiger charge is -2.32. The Bertz CT molecular complexity index is 261. The highest BCUT2D eigenvalue weighted by Gasteiger charge is 2.19. The first-order chi connectivity index (χ1) is 9.15. The van der Waals surface area contributed by atoms with Crippen molar-refractivity contribution in [1.29, 1.82) is 0 Å². The van der Waals surface area contributed by atoms with Gasteiger partial charge in [0.05, 0.1) is 0 Å². The lowest BCUT2D eigenvalue weighted by atomic mass is 10.1. The lowest BCUT2D eigenvalue weighted by Crippen LogP contribution is -2.49. The second kappa shape index (κ2) is 11.6. The normalized spacial score (nSPS) is 17.9. The largest absolute Gasteiger partial charge is 0.356 e.